The molecule has 0 N–H and O–H groups in total. The van der Waals surface area contributed by atoms with Gasteiger partial charge in [-0.25, -0.2) is 19.9 Å². The topological polar surface area (TPSA) is 77.3 Å². The third kappa shape index (κ3) is 2.40. The zero-order chi connectivity index (χ0) is 15.6. The molecule has 0 unspecified atom stereocenters. The Morgan fingerprint density at radius 1 is 0.826 bits per heavy atom. The van der Waals surface area contributed by atoms with Crippen LogP contribution in [0, 0.1) is 6.92 Å². The molecule has 6 heteroatoms. The Bertz CT molecular complexity index is 970. The van der Waals surface area contributed by atoms with E-state index in [-0.39, 0.29) is 0 Å². The molecule has 0 amide bonds. The normalized spacial score (nSPS) is 10.8. The molecule has 0 aromatic carbocycles. The van der Waals surface area contributed by atoms with Crippen molar-refractivity contribution >= 4 is 11.2 Å². The first-order chi connectivity index (χ1) is 11.3. The van der Waals surface area contributed by atoms with Crippen LogP contribution in [0.1, 0.15) is 5.69 Å². The third-order valence-corrected chi connectivity index (χ3v) is 3.49. The van der Waals surface area contributed by atoms with Gasteiger partial charge in [-0.2, -0.15) is 0 Å². The Labute approximate surface area is 132 Å². The quantitative estimate of drug-likeness (QED) is 0.566. The van der Waals surface area contributed by atoms with Crippen molar-refractivity contribution in [2.45, 2.75) is 6.92 Å². The summed E-state index contributed by atoms with van der Waals surface area (Å²) >= 11 is 0. The fourth-order valence-corrected chi connectivity index (χ4v) is 2.38. The first-order valence-corrected chi connectivity index (χ1v) is 7.14. The van der Waals surface area contributed by atoms with E-state index in [0.29, 0.717) is 22.6 Å². The van der Waals surface area contributed by atoms with Crippen LogP contribution in [0.3, 0.4) is 0 Å². The number of pyridine rings is 2. The predicted octanol–water partition coefficient (Wildman–Crippen LogP) is 2.85. The lowest BCUT2D eigenvalue weighted by Crippen LogP contribution is -2.00. The fourth-order valence-electron chi connectivity index (χ4n) is 2.38. The Balaban J connectivity index is 2.07. The van der Waals surface area contributed by atoms with Crippen molar-refractivity contribution in [3.8, 4) is 22.6 Å². The minimum Gasteiger partial charge on any atom is -0.264 e. The van der Waals surface area contributed by atoms with Gasteiger partial charge in [-0.05, 0) is 31.2 Å². The molecule has 0 spiro atoms. The molecule has 0 aliphatic heterocycles. The molecule has 0 aliphatic carbocycles. The summed E-state index contributed by atoms with van der Waals surface area (Å²) in [6, 6.07) is 9.53. The SMILES string of the molecule is Cc1ncnc2nc(-c3cccnc3)c(-c3ccccn3)nc12. The first-order valence-electron chi connectivity index (χ1n) is 7.14. The van der Waals surface area contributed by atoms with Crippen molar-refractivity contribution in [1.82, 2.24) is 29.9 Å². The molecule has 0 bridgehead atoms. The van der Waals surface area contributed by atoms with Gasteiger partial charge >= 0.3 is 0 Å². The van der Waals surface area contributed by atoms with Crippen molar-refractivity contribution in [2.75, 3.05) is 0 Å². The predicted molar refractivity (Wildman–Crippen MR) is 86.3 cm³/mol. The molecule has 110 valence electrons. The molecule has 0 atom stereocenters. The largest absolute Gasteiger partial charge is 0.264 e. The highest BCUT2D eigenvalue weighted by atomic mass is 15.0. The second kappa shape index (κ2) is 5.49. The number of aryl methyl sites for hydroxylation is 1. The van der Waals surface area contributed by atoms with Crippen molar-refractivity contribution in [1.29, 1.82) is 0 Å². The van der Waals surface area contributed by atoms with Crippen LogP contribution in [0.2, 0.25) is 0 Å². The maximum Gasteiger partial charge on any atom is 0.182 e. The van der Waals surface area contributed by atoms with E-state index in [4.69, 9.17) is 4.98 Å². The molecule has 0 radical (unpaired) electrons. The lowest BCUT2D eigenvalue weighted by Gasteiger charge is -2.09. The average Bonchev–Trinajstić information content (AvgIpc) is 2.63. The van der Waals surface area contributed by atoms with E-state index in [9.17, 15) is 0 Å². The molecule has 23 heavy (non-hydrogen) atoms. The van der Waals surface area contributed by atoms with E-state index in [1.165, 1.54) is 6.33 Å². The number of nitrogens with zero attached hydrogens (tertiary/aromatic N) is 6. The summed E-state index contributed by atoms with van der Waals surface area (Å²) in [7, 11) is 0. The van der Waals surface area contributed by atoms with E-state index in [0.717, 1.165) is 17.0 Å². The summed E-state index contributed by atoms with van der Waals surface area (Å²) in [5.41, 5.74) is 5.07. The molecule has 4 aromatic rings. The van der Waals surface area contributed by atoms with Crippen LogP contribution in [0.4, 0.5) is 0 Å². The highest BCUT2D eigenvalue weighted by Gasteiger charge is 2.15. The van der Waals surface area contributed by atoms with Crippen molar-refractivity contribution < 1.29 is 0 Å². The zero-order valence-corrected chi connectivity index (χ0v) is 12.4. The van der Waals surface area contributed by atoms with E-state index < -0.39 is 0 Å². The Morgan fingerprint density at radius 2 is 1.78 bits per heavy atom. The molecule has 4 heterocycles. The monoisotopic (exact) mass is 300 g/mol. The smallest absolute Gasteiger partial charge is 0.182 e. The van der Waals surface area contributed by atoms with Gasteiger partial charge in [0.2, 0.25) is 0 Å². The van der Waals surface area contributed by atoms with Crippen molar-refractivity contribution in [3.05, 3.63) is 60.9 Å². The van der Waals surface area contributed by atoms with Crippen LogP contribution >= 0.6 is 0 Å². The standard InChI is InChI=1S/C17H12N6/c1-11-14-17(21-10-20-11)23-15(12-5-4-7-18-9-12)16(22-14)13-6-2-3-8-19-13/h2-10H,1H3. The molecule has 0 aliphatic rings. The molecule has 4 rings (SSSR count). The minimum atomic E-state index is 0.566. The highest BCUT2D eigenvalue weighted by molar-refractivity contribution is 5.83. The van der Waals surface area contributed by atoms with Gasteiger partial charge in [0, 0.05) is 24.2 Å². The van der Waals surface area contributed by atoms with E-state index >= 15 is 0 Å². The van der Waals surface area contributed by atoms with Crippen LogP contribution in [0.5, 0.6) is 0 Å². The first kappa shape index (κ1) is 13.4. The summed E-state index contributed by atoms with van der Waals surface area (Å²) in [6.07, 6.45) is 6.73. The van der Waals surface area contributed by atoms with Crippen molar-refractivity contribution in [3.63, 3.8) is 0 Å². The summed E-state index contributed by atoms with van der Waals surface area (Å²) in [5, 5.41) is 0. The third-order valence-electron chi connectivity index (χ3n) is 3.49. The second-order valence-electron chi connectivity index (χ2n) is 5.01. The van der Waals surface area contributed by atoms with Gasteiger partial charge in [0.05, 0.1) is 11.4 Å². The number of rotatable bonds is 2. The van der Waals surface area contributed by atoms with Gasteiger partial charge in [-0.3, -0.25) is 9.97 Å². The van der Waals surface area contributed by atoms with Crippen LogP contribution in [-0.2, 0) is 0 Å². The van der Waals surface area contributed by atoms with Gasteiger partial charge in [-0.15, -0.1) is 0 Å². The molecule has 0 saturated heterocycles. The van der Waals surface area contributed by atoms with Crippen molar-refractivity contribution in [2.24, 2.45) is 0 Å². The maximum atomic E-state index is 4.74. The molecule has 6 nitrogen and oxygen atoms in total. The minimum absolute atomic E-state index is 0.566. The van der Waals surface area contributed by atoms with E-state index in [1.807, 2.05) is 37.3 Å². The average molecular weight is 300 g/mol. The molecular weight excluding hydrogens is 288 g/mol. The maximum absolute atomic E-state index is 4.74. The van der Waals surface area contributed by atoms with Crippen LogP contribution < -0.4 is 0 Å². The number of fused-ring (bicyclic) bond motifs is 1. The molecule has 0 saturated carbocycles. The number of aromatic nitrogens is 6. The summed E-state index contributed by atoms with van der Waals surface area (Å²) in [6.45, 7) is 1.89. The van der Waals surface area contributed by atoms with Crippen LogP contribution in [0.25, 0.3) is 33.8 Å². The summed E-state index contributed by atoms with van der Waals surface area (Å²) in [4.78, 5) is 26.4. The van der Waals surface area contributed by atoms with Gasteiger partial charge in [0.25, 0.3) is 0 Å². The summed E-state index contributed by atoms with van der Waals surface area (Å²) < 4.78 is 0. The van der Waals surface area contributed by atoms with Gasteiger partial charge in [0.15, 0.2) is 5.65 Å². The second-order valence-corrected chi connectivity index (χ2v) is 5.01. The summed E-state index contributed by atoms with van der Waals surface area (Å²) in [5.74, 6) is 0. The Kier molecular flexibility index (Phi) is 3.20. The number of hydrogen-bond acceptors (Lipinski definition) is 6. The van der Waals surface area contributed by atoms with E-state index in [2.05, 4.69) is 24.9 Å². The van der Waals surface area contributed by atoms with Crippen LogP contribution in [-0.4, -0.2) is 29.9 Å². The zero-order valence-electron chi connectivity index (χ0n) is 12.4. The highest BCUT2D eigenvalue weighted by Crippen LogP contribution is 2.29. The lowest BCUT2D eigenvalue weighted by atomic mass is 10.1. The van der Waals surface area contributed by atoms with Gasteiger partial charge in [0.1, 0.15) is 23.2 Å². The molecule has 0 fully saturated rings. The molecule has 4 aromatic heterocycles. The van der Waals surface area contributed by atoms with E-state index in [1.54, 1.807) is 18.6 Å². The lowest BCUT2D eigenvalue weighted by molar-refractivity contribution is 1.09. The Morgan fingerprint density at radius 3 is 2.57 bits per heavy atom. The Hall–Kier alpha value is -3.28. The van der Waals surface area contributed by atoms with Crippen LogP contribution in [0.15, 0.2) is 55.2 Å². The fraction of sp³-hybridized carbons (Fsp3) is 0.0588. The van der Waals surface area contributed by atoms with Gasteiger partial charge < -0.3 is 0 Å². The van der Waals surface area contributed by atoms with Gasteiger partial charge in [-0.1, -0.05) is 6.07 Å². The molecular formula is C17H12N6. The number of hydrogen-bond donors (Lipinski definition) is 0.